The highest BCUT2D eigenvalue weighted by Gasteiger charge is 2.77. The van der Waals surface area contributed by atoms with Crippen LogP contribution in [0.25, 0.3) is 0 Å². The van der Waals surface area contributed by atoms with Crippen molar-refractivity contribution in [2.24, 2.45) is 5.41 Å². The predicted octanol–water partition coefficient (Wildman–Crippen LogP) is 7.56. The van der Waals surface area contributed by atoms with Crippen LogP contribution in [0.1, 0.15) is 105 Å². The van der Waals surface area contributed by atoms with Crippen LogP contribution in [0, 0.1) is 5.41 Å². The summed E-state index contributed by atoms with van der Waals surface area (Å²) < 4.78 is 105. The number of halogens is 5. The minimum atomic E-state index is -5.91. The van der Waals surface area contributed by atoms with Gasteiger partial charge in [0.05, 0.1) is 5.41 Å². The van der Waals surface area contributed by atoms with Crippen LogP contribution in [-0.4, -0.2) is 29.8 Å². The maximum Gasteiger partial charge on any atom is 0.453 e. The van der Waals surface area contributed by atoms with Gasteiger partial charge in [-0.05, 0) is 25.7 Å². The first-order chi connectivity index (χ1) is 13.2. The molecule has 0 fully saturated rings. The van der Waals surface area contributed by atoms with Crippen molar-refractivity contribution in [1.29, 1.82) is 0 Å². The first kappa shape index (κ1) is 28.6. The van der Waals surface area contributed by atoms with E-state index in [-0.39, 0.29) is 25.7 Å². The summed E-state index contributed by atoms with van der Waals surface area (Å²) >= 11 is 0. The molecular weight excluding hydrogens is 415 g/mol. The van der Waals surface area contributed by atoms with Gasteiger partial charge in [-0.1, -0.05) is 79.1 Å². The van der Waals surface area contributed by atoms with Crippen LogP contribution in [0.5, 0.6) is 0 Å². The topological polar surface area (TPSA) is 54.4 Å². The fraction of sp³-hybridized carbons (Fsp3) is 1.00. The van der Waals surface area contributed by atoms with Gasteiger partial charge in [0.1, 0.15) is 4.75 Å². The fourth-order valence-corrected chi connectivity index (χ4v) is 6.07. The van der Waals surface area contributed by atoms with Crippen LogP contribution < -0.4 is 0 Å². The van der Waals surface area contributed by atoms with E-state index < -0.39 is 58.1 Å². The van der Waals surface area contributed by atoms with Crippen LogP contribution in [0.3, 0.4) is 0 Å². The molecule has 9 heteroatoms. The van der Waals surface area contributed by atoms with Crippen LogP contribution >= 0.6 is 0 Å². The van der Waals surface area contributed by atoms with Crippen molar-refractivity contribution in [2.75, 3.05) is 0 Å². The van der Waals surface area contributed by atoms with E-state index in [9.17, 15) is 26.1 Å². The van der Waals surface area contributed by atoms with E-state index in [1.807, 2.05) is 0 Å². The van der Waals surface area contributed by atoms with Crippen LogP contribution in [-0.2, 0) is 10.1 Å². The molecule has 1 N–H and O–H groups in total. The lowest BCUT2D eigenvalue weighted by atomic mass is 9.60. The number of rotatable bonds is 15. The Kier molecular flexibility index (Phi) is 11.1. The van der Waals surface area contributed by atoms with E-state index in [1.54, 1.807) is 27.7 Å². The molecule has 3 nitrogen and oxygen atoms in total. The Morgan fingerprint density at radius 1 is 0.655 bits per heavy atom. The largest absolute Gasteiger partial charge is 0.453 e. The quantitative estimate of drug-likeness (QED) is 0.206. The molecule has 0 saturated carbocycles. The molecule has 0 aromatic heterocycles. The van der Waals surface area contributed by atoms with Gasteiger partial charge in [0, 0.05) is 0 Å². The van der Waals surface area contributed by atoms with Crippen molar-refractivity contribution in [3.63, 3.8) is 0 Å². The number of hydrogen-bond acceptors (Lipinski definition) is 2. The molecule has 29 heavy (non-hydrogen) atoms. The number of unbranched alkanes of at least 4 members (excludes halogenated alkanes) is 4. The second kappa shape index (κ2) is 11.3. The molecule has 0 amide bonds. The highest BCUT2D eigenvalue weighted by Crippen LogP contribution is 2.63. The maximum atomic E-state index is 15.3. The van der Waals surface area contributed by atoms with Crippen molar-refractivity contribution < 1.29 is 34.9 Å². The Hall–Kier alpha value is -0.440. The van der Waals surface area contributed by atoms with Gasteiger partial charge in [-0.3, -0.25) is 4.55 Å². The Bertz CT molecular complexity index is 557. The minimum absolute atomic E-state index is 0.0188. The summed E-state index contributed by atoms with van der Waals surface area (Å²) in [5, 5.41) is 0. The van der Waals surface area contributed by atoms with Crippen molar-refractivity contribution in [3.8, 4) is 0 Å². The molecule has 0 radical (unpaired) electrons. The average Bonchev–Trinajstić information content (AvgIpc) is 2.60. The van der Waals surface area contributed by atoms with E-state index in [1.165, 1.54) is 0 Å². The second-order valence-electron chi connectivity index (χ2n) is 8.04. The Balaban J connectivity index is 7.20. The molecule has 0 heterocycles. The van der Waals surface area contributed by atoms with Crippen molar-refractivity contribution in [1.82, 2.24) is 0 Å². The van der Waals surface area contributed by atoms with Crippen LogP contribution in [0.15, 0.2) is 0 Å². The zero-order chi connectivity index (χ0) is 23.0. The van der Waals surface area contributed by atoms with Gasteiger partial charge in [0.25, 0.3) is 10.1 Å². The van der Waals surface area contributed by atoms with Gasteiger partial charge in [-0.25, -0.2) is 0 Å². The molecule has 0 unspecified atom stereocenters. The van der Waals surface area contributed by atoms with Gasteiger partial charge in [0.15, 0.2) is 0 Å². The highest BCUT2D eigenvalue weighted by molar-refractivity contribution is 7.87. The molecule has 0 spiro atoms. The molecule has 0 aliphatic heterocycles. The standard InChI is InChI=1S/C20H37F5O3S/c1-5-9-13-17(14-10-6-2,19(21,22)20(23,24)25)18(15-11-7-3,16-12-8-4)29(26,27)28/h5-16H2,1-4H3,(H,26,27,28). The lowest BCUT2D eigenvalue weighted by Gasteiger charge is -2.53. The summed E-state index contributed by atoms with van der Waals surface area (Å²) in [5.41, 5.74) is -2.91. The van der Waals surface area contributed by atoms with Crippen LogP contribution in [0.2, 0.25) is 0 Å². The van der Waals surface area contributed by atoms with E-state index in [0.29, 0.717) is 25.7 Å². The Morgan fingerprint density at radius 3 is 1.21 bits per heavy atom. The van der Waals surface area contributed by atoms with Gasteiger partial charge >= 0.3 is 12.1 Å². The monoisotopic (exact) mass is 452 g/mol. The lowest BCUT2D eigenvalue weighted by molar-refractivity contribution is -0.337. The maximum absolute atomic E-state index is 15.3. The molecule has 176 valence electrons. The number of hydrogen-bond donors (Lipinski definition) is 1. The smallest absolute Gasteiger partial charge is 0.285 e. The summed E-state index contributed by atoms with van der Waals surface area (Å²) in [6.45, 7) is 6.72. The zero-order valence-electron chi connectivity index (χ0n) is 18.0. The van der Waals surface area contributed by atoms with Gasteiger partial charge in [0.2, 0.25) is 0 Å². The first-order valence-electron chi connectivity index (χ1n) is 10.7. The molecule has 0 bridgehead atoms. The van der Waals surface area contributed by atoms with Crippen LogP contribution in [0.4, 0.5) is 22.0 Å². The molecule has 0 rings (SSSR count). The van der Waals surface area contributed by atoms with E-state index in [0.717, 1.165) is 0 Å². The zero-order valence-corrected chi connectivity index (χ0v) is 18.9. The van der Waals surface area contributed by atoms with Gasteiger partial charge in [-0.2, -0.15) is 30.4 Å². The SMILES string of the molecule is CCCCC(CCCC)(C(F)(F)C(F)(F)F)C(CCCC)(CCCC)S(=O)(=O)O. The Labute approximate surface area is 172 Å². The second-order valence-corrected chi connectivity index (χ2v) is 9.77. The summed E-state index contributed by atoms with van der Waals surface area (Å²) in [7, 11) is -5.21. The van der Waals surface area contributed by atoms with Crippen molar-refractivity contribution >= 4 is 10.1 Å². The average molecular weight is 453 g/mol. The first-order valence-corrected chi connectivity index (χ1v) is 12.1. The Morgan fingerprint density at radius 2 is 0.966 bits per heavy atom. The third kappa shape index (κ3) is 5.83. The molecular formula is C20H37F5O3S. The van der Waals surface area contributed by atoms with Gasteiger partial charge in [-0.15, -0.1) is 0 Å². The fourth-order valence-electron chi connectivity index (χ4n) is 4.44. The molecule has 0 aromatic rings. The normalized spacial score (nSPS) is 14.4. The molecule has 0 atom stereocenters. The van der Waals surface area contributed by atoms with Gasteiger partial charge < -0.3 is 0 Å². The van der Waals surface area contributed by atoms with Crippen molar-refractivity contribution in [2.45, 2.75) is 122 Å². The highest BCUT2D eigenvalue weighted by atomic mass is 32.2. The third-order valence-electron chi connectivity index (χ3n) is 6.11. The summed E-state index contributed by atoms with van der Waals surface area (Å²) in [6.07, 6.45) is -6.14. The molecule has 0 aromatic carbocycles. The third-order valence-corrected chi connectivity index (χ3v) is 7.89. The summed E-state index contributed by atoms with van der Waals surface area (Å²) in [5.74, 6) is -5.25. The molecule has 0 saturated heterocycles. The summed E-state index contributed by atoms with van der Waals surface area (Å²) in [4.78, 5) is 0. The lowest BCUT2D eigenvalue weighted by Crippen LogP contribution is -2.66. The number of alkyl halides is 5. The summed E-state index contributed by atoms with van der Waals surface area (Å²) in [6, 6.07) is 0. The predicted molar refractivity (Wildman–Crippen MR) is 106 cm³/mol. The molecule has 0 aliphatic carbocycles. The van der Waals surface area contributed by atoms with E-state index in [2.05, 4.69) is 0 Å². The minimum Gasteiger partial charge on any atom is -0.285 e. The van der Waals surface area contributed by atoms with E-state index in [4.69, 9.17) is 0 Å². The van der Waals surface area contributed by atoms with E-state index >= 15 is 8.78 Å². The molecule has 0 aliphatic rings. The van der Waals surface area contributed by atoms with Crippen molar-refractivity contribution in [3.05, 3.63) is 0 Å².